The lowest BCUT2D eigenvalue weighted by molar-refractivity contribution is -0.182. The van der Waals surface area contributed by atoms with E-state index in [1.165, 1.54) is 0 Å². The molecule has 2 aliphatic rings. The molecule has 1 aromatic rings. The quantitative estimate of drug-likeness (QED) is 0.704. The number of rotatable bonds is 6. The summed E-state index contributed by atoms with van der Waals surface area (Å²) >= 11 is 0. The summed E-state index contributed by atoms with van der Waals surface area (Å²) in [7, 11) is 0. The average molecular weight is 354 g/mol. The Kier molecular flexibility index (Phi) is 6.65. The Morgan fingerprint density at radius 1 is 1.00 bits per heavy atom. The monoisotopic (exact) mass is 354 g/mol. The van der Waals surface area contributed by atoms with Crippen LogP contribution in [0.15, 0.2) is 12.1 Å². The Hall–Kier alpha value is -1.20. The maximum Gasteiger partial charge on any atom is 0.200 e. The first-order valence-electron chi connectivity index (χ1n) is 9.53. The second-order valence-corrected chi connectivity index (χ2v) is 7.03. The fraction of sp³-hybridized carbons (Fsp3) is 0.700. The molecule has 1 saturated carbocycles. The summed E-state index contributed by atoms with van der Waals surface area (Å²) in [5.74, 6) is -0.860. The first kappa shape index (κ1) is 18.6. The van der Waals surface area contributed by atoms with Crippen molar-refractivity contribution < 1.29 is 23.0 Å². The van der Waals surface area contributed by atoms with E-state index in [1.54, 1.807) is 19.1 Å². The average Bonchev–Trinajstić information content (AvgIpc) is 2.66. The van der Waals surface area contributed by atoms with Gasteiger partial charge in [-0.2, -0.15) is 4.39 Å². The van der Waals surface area contributed by atoms with Crippen LogP contribution in [-0.2, 0) is 9.47 Å². The smallest absolute Gasteiger partial charge is 0.200 e. The molecule has 140 valence electrons. The van der Waals surface area contributed by atoms with E-state index in [2.05, 4.69) is 0 Å². The Balaban J connectivity index is 1.51. The molecule has 0 radical (unpaired) electrons. The van der Waals surface area contributed by atoms with Crippen LogP contribution in [0, 0.1) is 17.6 Å². The lowest BCUT2D eigenvalue weighted by Gasteiger charge is -2.30. The van der Waals surface area contributed by atoms with Crippen LogP contribution in [0.4, 0.5) is 8.78 Å². The Morgan fingerprint density at radius 3 is 2.40 bits per heavy atom. The third-order valence-corrected chi connectivity index (χ3v) is 5.37. The lowest BCUT2D eigenvalue weighted by Crippen LogP contribution is -2.26. The highest BCUT2D eigenvalue weighted by molar-refractivity contribution is 5.33. The molecular formula is C20H28F2O3. The van der Waals surface area contributed by atoms with Crippen molar-refractivity contribution >= 4 is 0 Å². The predicted octanol–water partition coefficient (Wildman–Crippen LogP) is 5.18. The second kappa shape index (κ2) is 8.95. The SMILES string of the molecule is CCOc1ccc([C@H]2CC[C@H](CCC3OCCCO3)CC2)c(F)c1F. The normalized spacial score (nSPS) is 25.1. The Bertz CT molecular complexity index is 550. The maximum absolute atomic E-state index is 14.4. The zero-order valence-electron chi connectivity index (χ0n) is 14.9. The number of hydrogen-bond donors (Lipinski definition) is 0. The summed E-state index contributed by atoms with van der Waals surface area (Å²) in [4.78, 5) is 0. The highest BCUT2D eigenvalue weighted by Gasteiger charge is 2.27. The van der Waals surface area contributed by atoms with Gasteiger partial charge in [-0.3, -0.25) is 0 Å². The van der Waals surface area contributed by atoms with Crippen molar-refractivity contribution in [1.29, 1.82) is 0 Å². The summed E-state index contributed by atoms with van der Waals surface area (Å²) in [5.41, 5.74) is 0.498. The second-order valence-electron chi connectivity index (χ2n) is 7.03. The van der Waals surface area contributed by atoms with Crippen LogP contribution in [0.3, 0.4) is 0 Å². The molecule has 1 aromatic carbocycles. The fourth-order valence-corrected chi connectivity index (χ4v) is 3.97. The number of hydrogen-bond acceptors (Lipinski definition) is 3. The van der Waals surface area contributed by atoms with Crippen LogP contribution in [0.1, 0.15) is 63.4 Å². The van der Waals surface area contributed by atoms with Gasteiger partial charge < -0.3 is 14.2 Å². The van der Waals surface area contributed by atoms with Gasteiger partial charge in [0.15, 0.2) is 17.9 Å². The molecule has 1 saturated heterocycles. The highest BCUT2D eigenvalue weighted by atomic mass is 19.2. The molecule has 0 atom stereocenters. The van der Waals surface area contributed by atoms with E-state index in [9.17, 15) is 8.78 Å². The van der Waals surface area contributed by atoms with Gasteiger partial charge >= 0.3 is 0 Å². The molecule has 25 heavy (non-hydrogen) atoms. The molecule has 3 nitrogen and oxygen atoms in total. The molecule has 0 amide bonds. The van der Waals surface area contributed by atoms with E-state index in [-0.39, 0.29) is 18.0 Å². The van der Waals surface area contributed by atoms with Crippen LogP contribution in [0.2, 0.25) is 0 Å². The summed E-state index contributed by atoms with van der Waals surface area (Å²) in [6.45, 7) is 3.67. The molecule has 0 unspecified atom stereocenters. The zero-order valence-corrected chi connectivity index (χ0v) is 14.9. The van der Waals surface area contributed by atoms with E-state index in [0.29, 0.717) is 18.1 Å². The van der Waals surface area contributed by atoms with E-state index >= 15 is 0 Å². The van der Waals surface area contributed by atoms with Crippen LogP contribution in [0.5, 0.6) is 5.75 Å². The fourth-order valence-electron chi connectivity index (χ4n) is 3.97. The minimum atomic E-state index is -0.854. The summed E-state index contributed by atoms with van der Waals surface area (Å²) in [6.07, 6.45) is 6.84. The molecule has 2 fully saturated rings. The standard InChI is InChI=1S/C20H28F2O3/c1-2-23-17-10-9-16(19(21)20(17)22)15-7-4-14(5-8-15)6-11-18-24-12-3-13-25-18/h9-10,14-15,18H,2-8,11-13H2,1H3/t14-,15-. The van der Waals surface area contributed by atoms with Crippen molar-refractivity contribution in [1.82, 2.24) is 0 Å². The van der Waals surface area contributed by atoms with E-state index in [0.717, 1.165) is 58.2 Å². The summed E-state index contributed by atoms with van der Waals surface area (Å²) in [5, 5.41) is 0. The Labute approximate surface area is 148 Å². The Morgan fingerprint density at radius 2 is 1.72 bits per heavy atom. The van der Waals surface area contributed by atoms with E-state index in [4.69, 9.17) is 14.2 Å². The molecule has 0 aromatic heterocycles. The van der Waals surface area contributed by atoms with Crippen LogP contribution in [0.25, 0.3) is 0 Å². The lowest BCUT2D eigenvalue weighted by atomic mass is 9.77. The van der Waals surface area contributed by atoms with Gasteiger partial charge in [-0.15, -0.1) is 0 Å². The third-order valence-electron chi connectivity index (χ3n) is 5.37. The highest BCUT2D eigenvalue weighted by Crippen LogP contribution is 2.40. The molecule has 3 rings (SSSR count). The number of benzene rings is 1. The van der Waals surface area contributed by atoms with E-state index in [1.807, 2.05) is 0 Å². The molecule has 1 heterocycles. The van der Waals surface area contributed by atoms with Crippen LogP contribution >= 0.6 is 0 Å². The maximum atomic E-state index is 14.4. The number of ether oxygens (including phenoxy) is 3. The minimum absolute atomic E-state index is 0.00455. The van der Waals surface area contributed by atoms with Crippen LogP contribution in [-0.4, -0.2) is 26.1 Å². The van der Waals surface area contributed by atoms with Crippen molar-refractivity contribution in [3.8, 4) is 5.75 Å². The van der Waals surface area contributed by atoms with Crippen molar-refractivity contribution in [2.45, 2.75) is 64.1 Å². The zero-order chi connectivity index (χ0) is 17.6. The number of halogens is 2. The van der Waals surface area contributed by atoms with E-state index < -0.39 is 11.6 Å². The van der Waals surface area contributed by atoms with Gasteiger partial charge in [0, 0.05) is 0 Å². The first-order valence-corrected chi connectivity index (χ1v) is 9.53. The van der Waals surface area contributed by atoms with Gasteiger partial charge in [0.05, 0.1) is 19.8 Å². The van der Waals surface area contributed by atoms with Crippen LogP contribution < -0.4 is 4.74 Å². The molecule has 0 bridgehead atoms. The van der Waals surface area contributed by atoms with Gasteiger partial charge in [0.2, 0.25) is 5.82 Å². The van der Waals surface area contributed by atoms with Crippen molar-refractivity contribution in [3.63, 3.8) is 0 Å². The topological polar surface area (TPSA) is 27.7 Å². The van der Waals surface area contributed by atoms with Gasteiger partial charge in [-0.25, -0.2) is 4.39 Å². The predicted molar refractivity (Wildman–Crippen MR) is 91.8 cm³/mol. The van der Waals surface area contributed by atoms with Crippen molar-refractivity contribution in [2.24, 2.45) is 5.92 Å². The van der Waals surface area contributed by atoms with Gasteiger partial charge in [-0.05, 0) is 75.3 Å². The summed E-state index contributed by atoms with van der Waals surface area (Å²) < 4.78 is 44.8. The largest absolute Gasteiger partial charge is 0.491 e. The third kappa shape index (κ3) is 4.70. The van der Waals surface area contributed by atoms with Gasteiger partial charge in [-0.1, -0.05) is 6.07 Å². The van der Waals surface area contributed by atoms with Gasteiger partial charge in [0.25, 0.3) is 0 Å². The molecule has 1 aliphatic carbocycles. The molecular weight excluding hydrogens is 326 g/mol. The van der Waals surface area contributed by atoms with Crippen molar-refractivity contribution in [2.75, 3.05) is 19.8 Å². The van der Waals surface area contributed by atoms with Crippen molar-refractivity contribution in [3.05, 3.63) is 29.3 Å². The molecule has 1 aliphatic heterocycles. The molecule has 5 heteroatoms. The minimum Gasteiger partial charge on any atom is -0.491 e. The first-order chi connectivity index (χ1) is 12.2. The summed E-state index contributed by atoms with van der Waals surface area (Å²) in [6, 6.07) is 3.25. The molecule has 0 N–H and O–H groups in total. The molecule has 0 spiro atoms. The van der Waals surface area contributed by atoms with Gasteiger partial charge in [0.1, 0.15) is 0 Å².